The SMILES string of the molecule is C=C(NC1c2ccccc2OCC1C)c1ccc2c(c1)CC(COC)CO2. The van der Waals surface area contributed by atoms with E-state index in [1.807, 2.05) is 12.1 Å². The Morgan fingerprint density at radius 3 is 2.81 bits per heavy atom. The van der Waals surface area contributed by atoms with Gasteiger partial charge in [0, 0.05) is 30.2 Å². The van der Waals surface area contributed by atoms with Crippen molar-refractivity contribution in [2.75, 3.05) is 26.9 Å². The van der Waals surface area contributed by atoms with Gasteiger partial charge in [-0.15, -0.1) is 0 Å². The second kappa shape index (κ2) is 7.65. The smallest absolute Gasteiger partial charge is 0.124 e. The molecule has 4 heteroatoms. The minimum absolute atomic E-state index is 0.191. The van der Waals surface area contributed by atoms with Crippen molar-refractivity contribution in [2.45, 2.75) is 19.4 Å². The average Bonchev–Trinajstić information content (AvgIpc) is 2.70. The first kappa shape index (κ1) is 17.9. The van der Waals surface area contributed by atoms with Crippen LogP contribution in [0.5, 0.6) is 11.5 Å². The molecular weight excluding hydrogens is 338 g/mol. The molecule has 4 rings (SSSR count). The van der Waals surface area contributed by atoms with E-state index in [9.17, 15) is 0 Å². The highest BCUT2D eigenvalue weighted by molar-refractivity contribution is 5.64. The number of para-hydroxylation sites is 1. The quantitative estimate of drug-likeness (QED) is 0.861. The molecule has 0 bridgehead atoms. The van der Waals surface area contributed by atoms with Crippen molar-refractivity contribution in [3.63, 3.8) is 0 Å². The van der Waals surface area contributed by atoms with Gasteiger partial charge in [-0.3, -0.25) is 0 Å². The highest BCUT2D eigenvalue weighted by atomic mass is 16.5. The lowest BCUT2D eigenvalue weighted by atomic mass is 9.91. The Kier molecular flexibility index (Phi) is 5.08. The third-order valence-corrected chi connectivity index (χ3v) is 5.45. The molecule has 142 valence electrons. The molecular formula is C23H27NO3. The van der Waals surface area contributed by atoms with Crippen LogP contribution in [-0.2, 0) is 11.2 Å². The molecule has 0 aromatic heterocycles. The van der Waals surface area contributed by atoms with Crippen LogP contribution in [-0.4, -0.2) is 26.9 Å². The van der Waals surface area contributed by atoms with E-state index in [0.29, 0.717) is 18.4 Å². The lowest BCUT2D eigenvalue weighted by molar-refractivity contribution is 0.107. The maximum absolute atomic E-state index is 5.89. The van der Waals surface area contributed by atoms with Crippen molar-refractivity contribution >= 4 is 5.70 Å². The fourth-order valence-corrected chi connectivity index (χ4v) is 3.97. The van der Waals surface area contributed by atoms with Gasteiger partial charge in [-0.2, -0.15) is 0 Å². The van der Waals surface area contributed by atoms with Crippen LogP contribution in [0.4, 0.5) is 0 Å². The fourth-order valence-electron chi connectivity index (χ4n) is 3.97. The second-order valence-corrected chi connectivity index (χ2v) is 7.59. The highest BCUT2D eigenvalue weighted by Gasteiger charge is 2.28. The number of benzene rings is 2. The molecule has 2 aliphatic rings. The van der Waals surface area contributed by atoms with Gasteiger partial charge in [-0.05, 0) is 41.8 Å². The fraction of sp³-hybridized carbons (Fsp3) is 0.391. The Labute approximate surface area is 161 Å². The number of hydrogen-bond donors (Lipinski definition) is 1. The van der Waals surface area contributed by atoms with Crippen molar-refractivity contribution in [1.82, 2.24) is 5.32 Å². The monoisotopic (exact) mass is 365 g/mol. The lowest BCUT2D eigenvalue weighted by Crippen LogP contribution is -2.33. The molecule has 0 radical (unpaired) electrons. The second-order valence-electron chi connectivity index (χ2n) is 7.59. The molecule has 3 unspecified atom stereocenters. The summed E-state index contributed by atoms with van der Waals surface area (Å²) in [6, 6.07) is 14.8. The standard InChI is InChI=1S/C23H27NO3/c1-15-12-26-22-7-5-4-6-20(22)23(15)24-16(2)18-8-9-21-19(11-18)10-17(13-25-3)14-27-21/h4-9,11,15,17,23-24H,2,10,12-14H2,1,3H3. The minimum atomic E-state index is 0.191. The number of methoxy groups -OCH3 is 1. The van der Waals surface area contributed by atoms with Crippen LogP contribution in [0.25, 0.3) is 5.70 Å². The Hall–Kier alpha value is -2.46. The number of hydrogen-bond acceptors (Lipinski definition) is 4. The summed E-state index contributed by atoms with van der Waals surface area (Å²) < 4.78 is 17.1. The zero-order valence-electron chi connectivity index (χ0n) is 16.0. The van der Waals surface area contributed by atoms with Gasteiger partial charge in [-0.1, -0.05) is 31.7 Å². The molecule has 0 saturated heterocycles. The normalized spacial score (nSPS) is 23.4. The summed E-state index contributed by atoms with van der Waals surface area (Å²) in [4.78, 5) is 0. The highest BCUT2D eigenvalue weighted by Crippen LogP contribution is 2.37. The van der Waals surface area contributed by atoms with Crippen LogP contribution in [0.3, 0.4) is 0 Å². The Balaban J connectivity index is 1.53. The van der Waals surface area contributed by atoms with Crippen LogP contribution in [0, 0.1) is 11.8 Å². The van der Waals surface area contributed by atoms with Crippen LogP contribution in [0.2, 0.25) is 0 Å². The predicted molar refractivity (Wildman–Crippen MR) is 107 cm³/mol. The maximum atomic E-state index is 5.89. The molecule has 2 aliphatic heterocycles. The van der Waals surface area contributed by atoms with E-state index in [0.717, 1.165) is 42.4 Å². The molecule has 0 amide bonds. The molecule has 3 atom stereocenters. The van der Waals surface area contributed by atoms with Gasteiger partial charge < -0.3 is 19.5 Å². The Morgan fingerprint density at radius 2 is 1.96 bits per heavy atom. The van der Waals surface area contributed by atoms with E-state index < -0.39 is 0 Å². The predicted octanol–water partition coefficient (Wildman–Crippen LogP) is 4.21. The molecule has 0 saturated carbocycles. The molecule has 2 aromatic rings. The molecule has 0 aliphatic carbocycles. The van der Waals surface area contributed by atoms with Gasteiger partial charge >= 0.3 is 0 Å². The molecule has 0 spiro atoms. The number of nitrogens with one attached hydrogen (secondary N) is 1. The first-order valence-corrected chi connectivity index (χ1v) is 9.58. The summed E-state index contributed by atoms with van der Waals surface area (Å²) in [6.07, 6.45) is 0.973. The topological polar surface area (TPSA) is 39.7 Å². The van der Waals surface area contributed by atoms with E-state index in [1.54, 1.807) is 7.11 Å². The van der Waals surface area contributed by atoms with Crippen LogP contribution < -0.4 is 14.8 Å². The summed E-state index contributed by atoms with van der Waals surface area (Å²) in [5.41, 5.74) is 4.45. The van der Waals surface area contributed by atoms with Gasteiger partial charge in [0.05, 0.1) is 25.9 Å². The van der Waals surface area contributed by atoms with E-state index in [2.05, 4.69) is 49.2 Å². The van der Waals surface area contributed by atoms with Crippen molar-refractivity contribution in [3.05, 3.63) is 65.7 Å². The lowest BCUT2D eigenvalue weighted by Gasteiger charge is -2.33. The molecule has 2 heterocycles. The van der Waals surface area contributed by atoms with Gasteiger partial charge in [-0.25, -0.2) is 0 Å². The maximum Gasteiger partial charge on any atom is 0.124 e. The van der Waals surface area contributed by atoms with Crippen LogP contribution >= 0.6 is 0 Å². The zero-order valence-corrected chi connectivity index (χ0v) is 16.0. The summed E-state index contributed by atoms with van der Waals surface area (Å²) >= 11 is 0. The third-order valence-electron chi connectivity index (χ3n) is 5.45. The summed E-state index contributed by atoms with van der Waals surface area (Å²) in [7, 11) is 1.74. The van der Waals surface area contributed by atoms with Gasteiger partial charge in [0.25, 0.3) is 0 Å². The van der Waals surface area contributed by atoms with Gasteiger partial charge in [0.2, 0.25) is 0 Å². The van der Waals surface area contributed by atoms with Gasteiger partial charge in [0.1, 0.15) is 11.5 Å². The molecule has 0 fully saturated rings. The Bertz CT molecular complexity index is 832. The molecule has 1 N–H and O–H groups in total. The summed E-state index contributed by atoms with van der Waals surface area (Å²) in [5, 5.41) is 3.64. The first-order chi connectivity index (χ1) is 13.2. The first-order valence-electron chi connectivity index (χ1n) is 9.58. The Morgan fingerprint density at radius 1 is 1.15 bits per heavy atom. The van der Waals surface area contributed by atoms with Crippen molar-refractivity contribution in [3.8, 4) is 11.5 Å². The molecule has 2 aromatic carbocycles. The van der Waals surface area contributed by atoms with Crippen LogP contribution in [0.1, 0.15) is 29.7 Å². The third kappa shape index (κ3) is 3.67. The van der Waals surface area contributed by atoms with E-state index >= 15 is 0 Å². The summed E-state index contributed by atoms with van der Waals surface area (Å²) in [5.74, 6) is 2.70. The van der Waals surface area contributed by atoms with Crippen molar-refractivity contribution in [1.29, 1.82) is 0 Å². The minimum Gasteiger partial charge on any atom is -0.493 e. The zero-order chi connectivity index (χ0) is 18.8. The van der Waals surface area contributed by atoms with E-state index in [1.165, 1.54) is 11.1 Å². The largest absolute Gasteiger partial charge is 0.493 e. The van der Waals surface area contributed by atoms with Crippen molar-refractivity contribution in [2.24, 2.45) is 11.8 Å². The van der Waals surface area contributed by atoms with Crippen molar-refractivity contribution < 1.29 is 14.2 Å². The van der Waals surface area contributed by atoms with E-state index in [4.69, 9.17) is 14.2 Å². The number of fused-ring (bicyclic) bond motifs is 2. The summed E-state index contributed by atoms with van der Waals surface area (Å²) in [6.45, 7) is 8.67. The van der Waals surface area contributed by atoms with E-state index in [-0.39, 0.29) is 6.04 Å². The number of rotatable bonds is 5. The average molecular weight is 365 g/mol. The van der Waals surface area contributed by atoms with Gasteiger partial charge in [0.15, 0.2) is 0 Å². The van der Waals surface area contributed by atoms with Crippen LogP contribution in [0.15, 0.2) is 49.0 Å². The molecule has 27 heavy (non-hydrogen) atoms. The number of ether oxygens (including phenoxy) is 3. The molecule has 4 nitrogen and oxygen atoms in total.